The number of halogens is 2. The maximum absolute atomic E-state index is 11.1. The van der Waals surface area contributed by atoms with Crippen molar-refractivity contribution in [1.82, 2.24) is 0 Å². The van der Waals surface area contributed by atoms with Crippen LogP contribution in [0.3, 0.4) is 0 Å². The van der Waals surface area contributed by atoms with Crippen molar-refractivity contribution < 1.29 is 9.90 Å². The van der Waals surface area contributed by atoms with Gasteiger partial charge in [0.1, 0.15) is 0 Å². The lowest BCUT2D eigenvalue weighted by atomic mass is 10.00. The summed E-state index contributed by atoms with van der Waals surface area (Å²) in [6, 6.07) is 11.8. The van der Waals surface area contributed by atoms with Gasteiger partial charge >= 0.3 is 5.97 Å². The first-order valence-electron chi connectivity index (χ1n) is 4.87. The van der Waals surface area contributed by atoms with E-state index in [0.717, 1.165) is 5.56 Å². The molecule has 0 spiro atoms. The van der Waals surface area contributed by atoms with Gasteiger partial charge in [-0.15, -0.1) is 0 Å². The molecule has 0 amide bonds. The van der Waals surface area contributed by atoms with E-state index >= 15 is 0 Å². The molecule has 0 aliphatic rings. The first-order valence-corrected chi connectivity index (χ1v) is 5.62. The lowest BCUT2D eigenvalue weighted by Crippen LogP contribution is -1.99. The fourth-order valence-corrected chi connectivity index (χ4v) is 1.96. The molecule has 1 N–H and O–H groups in total. The average molecular weight is 267 g/mol. The molecule has 0 atom stereocenters. The maximum Gasteiger partial charge on any atom is 0.336 e. The Bertz CT molecular complexity index is 579. The number of rotatable bonds is 2. The van der Waals surface area contributed by atoms with Crippen LogP contribution in [0.4, 0.5) is 0 Å². The third-order valence-corrected chi connectivity index (χ3v) is 2.82. The van der Waals surface area contributed by atoms with Crippen LogP contribution in [0.25, 0.3) is 11.1 Å². The number of carboxylic acids is 1. The van der Waals surface area contributed by atoms with E-state index in [-0.39, 0.29) is 5.56 Å². The summed E-state index contributed by atoms with van der Waals surface area (Å²) < 4.78 is 0. The van der Waals surface area contributed by atoms with E-state index in [4.69, 9.17) is 28.3 Å². The zero-order valence-electron chi connectivity index (χ0n) is 8.65. The van der Waals surface area contributed by atoms with Crippen LogP contribution in [0.2, 0.25) is 10.0 Å². The topological polar surface area (TPSA) is 37.3 Å². The second-order valence-electron chi connectivity index (χ2n) is 3.51. The summed E-state index contributed by atoms with van der Waals surface area (Å²) in [6.07, 6.45) is 0. The molecule has 0 aromatic heterocycles. The smallest absolute Gasteiger partial charge is 0.336 e. The van der Waals surface area contributed by atoms with Gasteiger partial charge in [-0.1, -0.05) is 41.4 Å². The van der Waals surface area contributed by atoms with E-state index in [0.29, 0.717) is 15.6 Å². The van der Waals surface area contributed by atoms with Gasteiger partial charge in [-0.05, 0) is 35.4 Å². The Balaban J connectivity index is 2.63. The number of hydrogen-bond acceptors (Lipinski definition) is 1. The molecule has 17 heavy (non-hydrogen) atoms. The highest BCUT2D eigenvalue weighted by Crippen LogP contribution is 2.28. The third kappa shape index (κ3) is 2.60. The maximum atomic E-state index is 11.1. The van der Waals surface area contributed by atoms with Gasteiger partial charge < -0.3 is 5.11 Å². The van der Waals surface area contributed by atoms with E-state index in [1.807, 2.05) is 6.07 Å². The number of hydrogen-bond donors (Lipinski definition) is 1. The van der Waals surface area contributed by atoms with Crippen molar-refractivity contribution in [3.63, 3.8) is 0 Å². The molecule has 0 aliphatic heterocycles. The first-order chi connectivity index (χ1) is 8.08. The molecule has 0 aliphatic carbocycles. The van der Waals surface area contributed by atoms with Crippen LogP contribution in [-0.4, -0.2) is 11.1 Å². The summed E-state index contributed by atoms with van der Waals surface area (Å²) in [6.45, 7) is 0. The molecule has 86 valence electrons. The third-order valence-electron chi connectivity index (χ3n) is 2.35. The van der Waals surface area contributed by atoms with Crippen LogP contribution in [0.5, 0.6) is 0 Å². The summed E-state index contributed by atoms with van der Waals surface area (Å²) in [5.74, 6) is -1.01. The van der Waals surface area contributed by atoms with E-state index in [9.17, 15) is 4.79 Å². The Morgan fingerprint density at radius 3 is 2.35 bits per heavy atom. The summed E-state index contributed by atoms with van der Waals surface area (Å²) in [5.41, 5.74) is 1.52. The Hall–Kier alpha value is -1.51. The summed E-state index contributed by atoms with van der Waals surface area (Å²) >= 11 is 11.7. The monoisotopic (exact) mass is 266 g/mol. The normalized spacial score (nSPS) is 10.2. The van der Waals surface area contributed by atoms with Crippen molar-refractivity contribution in [3.05, 3.63) is 58.1 Å². The van der Waals surface area contributed by atoms with E-state index < -0.39 is 5.97 Å². The Morgan fingerprint density at radius 1 is 1.00 bits per heavy atom. The summed E-state index contributed by atoms with van der Waals surface area (Å²) in [7, 11) is 0. The lowest BCUT2D eigenvalue weighted by molar-refractivity contribution is 0.0697. The molecule has 0 radical (unpaired) electrons. The first kappa shape index (κ1) is 12.0. The predicted octanol–water partition coefficient (Wildman–Crippen LogP) is 4.36. The molecule has 2 aromatic carbocycles. The molecular formula is C13H8Cl2O2. The van der Waals surface area contributed by atoms with Crippen LogP contribution in [0.15, 0.2) is 42.5 Å². The molecular weight excluding hydrogens is 259 g/mol. The van der Waals surface area contributed by atoms with Crippen LogP contribution < -0.4 is 0 Å². The zero-order chi connectivity index (χ0) is 12.4. The van der Waals surface area contributed by atoms with Gasteiger partial charge in [-0.3, -0.25) is 0 Å². The molecule has 0 saturated heterocycles. The van der Waals surface area contributed by atoms with Crippen molar-refractivity contribution in [1.29, 1.82) is 0 Å². The van der Waals surface area contributed by atoms with Crippen molar-refractivity contribution >= 4 is 29.2 Å². The molecule has 2 rings (SSSR count). The van der Waals surface area contributed by atoms with Gasteiger partial charge in [0.2, 0.25) is 0 Å². The Labute approximate surface area is 108 Å². The molecule has 0 bridgehead atoms. The second kappa shape index (κ2) is 4.78. The number of aromatic carboxylic acids is 1. The van der Waals surface area contributed by atoms with Gasteiger partial charge in [0.25, 0.3) is 0 Å². The molecule has 0 saturated carbocycles. The quantitative estimate of drug-likeness (QED) is 0.877. The minimum Gasteiger partial charge on any atom is -0.478 e. The highest BCUT2D eigenvalue weighted by atomic mass is 35.5. The van der Waals surface area contributed by atoms with Crippen LogP contribution in [-0.2, 0) is 0 Å². The molecule has 2 nitrogen and oxygen atoms in total. The standard InChI is InChI=1S/C13H8Cl2O2/c14-9-3-1-2-8(6-9)11-5-4-10(15)7-12(11)13(16)17/h1-7H,(H,16,17). The van der Waals surface area contributed by atoms with E-state index in [1.54, 1.807) is 30.3 Å². The molecule has 0 heterocycles. The molecule has 0 unspecified atom stereocenters. The molecule has 0 fully saturated rings. The number of benzene rings is 2. The minimum absolute atomic E-state index is 0.166. The van der Waals surface area contributed by atoms with Crippen LogP contribution >= 0.6 is 23.2 Å². The van der Waals surface area contributed by atoms with Crippen molar-refractivity contribution in [2.24, 2.45) is 0 Å². The zero-order valence-corrected chi connectivity index (χ0v) is 10.2. The largest absolute Gasteiger partial charge is 0.478 e. The number of carbonyl (C=O) groups is 1. The minimum atomic E-state index is -1.01. The highest BCUT2D eigenvalue weighted by molar-refractivity contribution is 6.31. The van der Waals surface area contributed by atoms with Gasteiger partial charge in [0, 0.05) is 10.0 Å². The SMILES string of the molecule is O=C(O)c1cc(Cl)ccc1-c1cccc(Cl)c1. The summed E-state index contributed by atoms with van der Waals surface area (Å²) in [5, 5.41) is 10.1. The predicted molar refractivity (Wildman–Crippen MR) is 68.9 cm³/mol. The van der Waals surface area contributed by atoms with Crippen LogP contribution in [0, 0.1) is 0 Å². The lowest BCUT2D eigenvalue weighted by Gasteiger charge is -2.07. The summed E-state index contributed by atoms with van der Waals surface area (Å²) in [4.78, 5) is 11.1. The Kier molecular flexibility index (Phi) is 3.36. The Morgan fingerprint density at radius 2 is 1.71 bits per heavy atom. The van der Waals surface area contributed by atoms with Gasteiger partial charge in [-0.2, -0.15) is 0 Å². The van der Waals surface area contributed by atoms with E-state index in [1.165, 1.54) is 6.07 Å². The fourth-order valence-electron chi connectivity index (χ4n) is 1.60. The average Bonchev–Trinajstić information content (AvgIpc) is 2.28. The van der Waals surface area contributed by atoms with E-state index in [2.05, 4.69) is 0 Å². The fraction of sp³-hybridized carbons (Fsp3) is 0. The number of carboxylic acid groups (broad SMARTS) is 1. The highest BCUT2D eigenvalue weighted by Gasteiger charge is 2.12. The van der Waals surface area contributed by atoms with Crippen molar-refractivity contribution in [3.8, 4) is 11.1 Å². The van der Waals surface area contributed by atoms with Gasteiger partial charge in [0.15, 0.2) is 0 Å². The van der Waals surface area contributed by atoms with Gasteiger partial charge in [-0.25, -0.2) is 4.79 Å². The molecule has 2 aromatic rings. The van der Waals surface area contributed by atoms with Crippen molar-refractivity contribution in [2.75, 3.05) is 0 Å². The molecule has 4 heteroatoms. The second-order valence-corrected chi connectivity index (χ2v) is 4.38. The van der Waals surface area contributed by atoms with Gasteiger partial charge in [0.05, 0.1) is 5.56 Å². The van der Waals surface area contributed by atoms with Crippen molar-refractivity contribution in [2.45, 2.75) is 0 Å². The van der Waals surface area contributed by atoms with Crippen LogP contribution in [0.1, 0.15) is 10.4 Å².